The summed E-state index contributed by atoms with van der Waals surface area (Å²) in [5, 5.41) is 3.09. The molecule has 1 N–H and O–H groups in total. The number of esters is 1. The molecule has 6 nitrogen and oxygen atoms in total. The molecule has 0 radical (unpaired) electrons. The topological polar surface area (TPSA) is 73.9 Å². The van der Waals surface area contributed by atoms with Gasteiger partial charge in [0.05, 0.1) is 24.8 Å². The summed E-state index contributed by atoms with van der Waals surface area (Å²) < 4.78 is 15.9. The Morgan fingerprint density at radius 1 is 1.11 bits per heavy atom. The van der Waals surface area contributed by atoms with Crippen LogP contribution in [0.1, 0.15) is 34.9 Å². The van der Waals surface area contributed by atoms with Crippen LogP contribution in [0.2, 0.25) is 5.02 Å². The highest BCUT2D eigenvalue weighted by atomic mass is 35.5. The third kappa shape index (κ3) is 4.52. The average molecular weight is 390 g/mol. The Hall–Kier alpha value is -2.73. The normalized spacial score (nSPS) is 14.2. The Kier molecular flexibility index (Phi) is 5.86. The van der Waals surface area contributed by atoms with E-state index in [0.717, 1.165) is 12.8 Å². The van der Waals surface area contributed by atoms with E-state index in [4.69, 9.17) is 25.8 Å². The van der Waals surface area contributed by atoms with Gasteiger partial charge in [0.2, 0.25) is 6.10 Å². The highest BCUT2D eigenvalue weighted by Crippen LogP contribution is 2.36. The fraction of sp³-hybridized carbons (Fsp3) is 0.300. The molecule has 2 aromatic rings. The van der Waals surface area contributed by atoms with Crippen molar-refractivity contribution in [3.63, 3.8) is 0 Å². The van der Waals surface area contributed by atoms with Crippen molar-refractivity contribution in [2.75, 3.05) is 14.2 Å². The quantitative estimate of drug-likeness (QED) is 0.733. The fourth-order valence-electron chi connectivity index (χ4n) is 2.62. The van der Waals surface area contributed by atoms with Gasteiger partial charge in [0.1, 0.15) is 0 Å². The first-order valence-corrected chi connectivity index (χ1v) is 8.89. The van der Waals surface area contributed by atoms with Crippen molar-refractivity contribution in [3.8, 4) is 11.5 Å². The Morgan fingerprint density at radius 3 is 2.41 bits per heavy atom. The van der Waals surface area contributed by atoms with Crippen molar-refractivity contribution < 1.29 is 23.8 Å². The summed E-state index contributed by atoms with van der Waals surface area (Å²) in [6, 6.07) is 11.9. The first-order chi connectivity index (χ1) is 13.0. The number of nitrogens with one attached hydrogen (secondary N) is 1. The number of halogens is 1. The maximum Gasteiger partial charge on any atom is 0.339 e. The summed E-state index contributed by atoms with van der Waals surface area (Å²) in [4.78, 5) is 25.3. The molecule has 3 rings (SSSR count). The summed E-state index contributed by atoms with van der Waals surface area (Å²) >= 11 is 6.16. The zero-order chi connectivity index (χ0) is 19.4. The number of carbonyl (C=O) groups excluding carboxylic acids is 2. The molecule has 1 aliphatic rings. The molecule has 0 aromatic heterocycles. The highest BCUT2D eigenvalue weighted by molar-refractivity contribution is 6.32. The smallest absolute Gasteiger partial charge is 0.339 e. The van der Waals surface area contributed by atoms with E-state index in [-0.39, 0.29) is 22.5 Å². The number of carbonyl (C=O) groups is 2. The van der Waals surface area contributed by atoms with Crippen LogP contribution in [0.25, 0.3) is 0 Å². The molecular formula is C20H20ClNO5. The van der Waals surface area contributed by atoms with Gasteiger partial charge in [0, 0.05) is 11.6 Å². The van der Waals surface area contributed by atoms with E-state index in [1.165, 1.54) is 26.4 Å². The number of rotatable bonds is 7. The van der Waals surface area contributed by atoms with Gasteiger partial charge in [-0.3, -0.25) is 4.79 Å². The molecule has 142 valence electrons. The van der Waals surface area contributed by atoms with Crippen molar-refractivity contribution in [2.45, 2.75) is 25.0 Å². The number of hydrogen-bond donors (Lipinski definition) is 1. The van der Waals surface area contributed by atoms with Crippen LogP contribution < -0.4 is 14.8 Å². The summed E-state index contributed by atoms with van der Waals surface area (Å²) in [5.41, 5.74) is 0.758. The molecule has 1 saturated carbocycles. The van der Waals surface area contributed by atoms with Crippen LogP contribution in [-0.2, 0) is 9.53 Å². The van der Waals surface area contributed by atoms with E-state index < -0.39 is 12.1 Å². The SMILES string of the molecule is COc1cc(C(=O)O[C@H](C(=O)NC2CC2)c2ccccc2)cc(Cl)c1OC. The van der Waals surface area contributed by atoms with Crippen LogP contribution in [0.15, 0.2) is 42.5 Å². The lowest BCUT2D eigenvalue weighted by atomic mass is 10.1. The Labute approximate surface area is 162 Å². The minimum absolute atomic E-state index is 0.151. The molecule has 0 saturated heterocycles. The minimum atomic E-state index is -1.05. The van der Waals surface area contributed by atoms with Crippen LogP contribution in [0.4, 0.5) is 0 Å². The molecular weight excluding hydrogens is 370 g/mol. The second-order valence-electron chi connectivity index (χ2n) is 6.17. The average Bonchev–Trinajstić information content (AvgIpc) is 3.49. The molecule has 0 heterocycles. The van der Waals surface area contributed by atoms with Gasteiger partial charge < -0.3 is 19.5 Å². The maximum atomic E-state index is 12.7. The van der Waals surface area contributed by atoms with E-state index in [0.29, 0.717) is 17.1 Å². The molecule has 0 aliphatic heterocycles. The van der Waals surface area contributed by atoms with Crippen LogP contribution in [0, 0.1) is 0 Å². The first kappa shape index (κ1) is 19.0. The summed E-state index contributed by atoms with van der Waals surface area (Å²) in [6.45, 7) is 0. The first-order valence-electron chi connectivity index (χ1n) is 8.51. The van der Waals surface area contributed by atoms with Crippen molar-refractivity contribution in [1.82, 2.24) is 5.32 Å². The second-order valence-corrected chi connectivity index (χ2v) is 6.58. The molecule has 1 amide bonds. The Balaban J connectivity index is 1.86. The molecule has 0 bridgehead atoms. The number of methoxy groups -OCH3 is 2. The van der Waals surface area contributed by atoms with Gasteiger partial charge >= 0.3 is 5.97 Å². The van der Waals surface area contributed by atoms with Crippen LogP contribution in [0.5, 0.6) is 11.5 Å². The Morgan fingerprint density at radius 2 is 1.81 bits per heavy atom. The van der Waals surface area contributed by atoms with E-state index >= 15 is 0 Å². The Bertz CT molecular complexity index is 836. The molecule has 7 heteroatoms. The highest BCUT2D eigenvalue weighted by Gasteiger charge is 2.31. The van der Waals surface area contributed by atoms with Crippen LogP contribution in [-0.4, -0.2) is 32.1 Å². The van der Waals surface area contributed by atoms with Crippen molar-refractivity contribution in [1.29, 1.82) is 0 Å². The lowest BCUT2D eigenvalue weighted by Gasteiger charge is -2.18. The summed E-state index contributed by atoms with van der Waals surface area (Å²) in [7, 11) is 2.90. The van der Waals surface area contributed by atoms with Crippen LogP contribution in [0.3, 0.4) is 0 Å². The molecule has 1 fully saturated rings. The zero-order valence-corrected chi connectivity index (χ0v) is 15.8. The van der Waals surface area contributed by atoms with Gasteiger partial charge in [0.25, 0.3) is 5.91 Å². The molecule has 1 atom stereocenters. The predicted molar refractivity (Wildman–Crippen MR) is 100 cm³/mol. The third-order valence-electron chi connectivity index (χ3n) is 4.16. The minimum Gasteiger partial charge on any atom is -0.493 e. The number of ether oxygens (including phenoxy) is 3. The lowest BCUT2D eigenvalue weighted by molar-refractivity contribution is -0.130. The molecule has 27 heavy (non-hydrogen) atoms. The molecule has 1 aliphatic carbocycles. The third-order valence-corrected chi connectivity index (χ3v) is 4.44. The zero-order valence-electron chi connectivity index (χ0n) is 15.0. The number of amides is 1. The molecule has 2 aromatic carbocycles. The van der Waals surface area contributed by atoms with Gasteiger partial charge in [-0.15, -0.1) is 0 Å². The maximum absolute atomic E-state index is 12.7. The monoisotopic (exact) mass is 389 g/mol. The lowest BCUT2D eigenvalue weighted by Crippen LogP contribution is -2.33. The van der Waals surface area contributed by atoms with E-state index in [1.807, 2.05) is 6.07 Å². The van der Waals surface area contributed by atoms with E-state index in [9.17, 15) is 9.59 Å². The fourth-order valence-corrected chi connectivity index (χ4v) is 2.90. The van der Waals surface area contributed by atoms with Gasteiger partial charge in [-0.25, -0.2) is 4.79 Å². The van der Waals surface area contributed by atoms with E-state index in [1.54, 1.807) is 24.3 Å². The van der Waals surface area contributed by atoms with Crippen molar-refractivity contribution in [2.24, 2.45) is 0 Å². The van der Waals surface area contributed by atoms with Gasteiger partial charge in [-0.1, -0.05) is 41.9 Å². The standard InChI is InChI=1S/C20H20ClNO5/c1-25-16-11-13(10-15(21)18(16)26-2)20(24)27-17(12-6-4-3-5-7-12)19(23)22-14-8-9-14/h3-7,10-11,14,17H,8-9H2,1-2H3,(H,22,23)/t17-/m0/s1. The van der Waals surface area contributed by atoms with E-state index in [2.05, 4.69) is 5.32 Å². The van der Waals surface area contributed by atoms with Crippen molar-refractivity contribution in [3.05, 3.63) is 58.6 Å². The predicted octanol–water partition coefficient (Wildman–Crippen LogP) is 3.53. The summed E-state index contributed by atoms with van der Waals surface area (Å²) in [5.74, 6) is -0.404. The largest absolute Gasteiger partial charge is 0.493 e. The van der Waals surface area contributed by atoms with Gasteiger partial charge in [0.15, 0.2) is 11.5 Å². The van der Waals surface area contributed by atoms with Crippen LogP contribution >= 0.6 is 11.6 Å². The summed E-state index contributed by atoms with van der Waals surface area (Å²) in [6.07, 6.45) is 0.824. The van der Waals surface area contributed by atoms with Crippen molar-refractivity contribution >= 4 is 23.5 Å². The number of benzene rings is 2. The van der Waals surface area contributed by atoms with Gasteiger partial charge in [-0.05, 0) is 25.0 Å². The van der Waals surface area contributed by atoms with Gasteiger partial charge in [-0.2, -0.15) is 0 Å². The number of hydrogen-bond acceptors (Lipinski definition) is 5. The molecule has 0 spiro atoms. The second kappa shape index (κ2) is 8.31. The molecule has 0 unspecified atom stereocenters.